The first-order chi connectivity index (χ1) is 5.66. The van der Waals surface area contributed by atoms with Crippen molar-refractivity contribution in [2.45, 2.75) is 6.42 Å². The lowest BCUT2D eigenvalue weighted by Gasteiger charge is -2.02. The third kappa shape index (κ3) is 1.53. The molecule has 0 aliphatic rings. The van der Waals surface area contributed by atoms with Crippen LogP contribution in [-0.2, 0) is 6.42 Å². The Labute approximate surface area is 68.1 Å². The molecule has 0 heterocycles. The average molecular weight is 174 g/mol. The van der Waals surface area contributed by atoms with Crippen molar-refractivity contribution in [3.63, 3.8) is 0 Å². The molecule has 0 aromatic heterocycles. The van der Waals surface area contributed by atoms with E-state index >= 15 is 0 Å². The van der Waals surface area contributed by atoms with Gasteiger partial charge in [-0.2, -0.15) is 0 Å². The number of phenols is 1. The molecule has 2 nitrogen and oxygen atoms in total. The molecule has 12 heavy (non-hydrogen) atoms. The number of aliphatic hydroxyl groups is 1. The zero-order chi connectivity index (χ0) is 9.14. The Balaban J connectivity index is 3.08. The van der Waals surface area contributed by atoms with Gasteiger partial charge in [0.15, 0.2) is 17.4 Å². The second-order valence-electron chi connectivity index (χ2n) is 2.34. The van der Waals surface area contributed by atoms with Gasteiger partial charge in [-0.1, -0.05) is 6.07 Å². The lowest BCUT2D eigenvalue weighted by atomic mass is 10.1. The highest BCUT2D eigenvalue weighted by atomic mass is 19.1. The van der Waals surface area contributed by atoms with E-state index in [0.717, 1.165) is 6.07 Å². The number of rotatable bonds is 2. The van der Waals surface area contributed by atoms with Gasteiger partial charge in [-0.15, -0.1) is 0 Å². The topological polar surface area (TPSA) is 40.5 Å². The summed E-state index contributed by atoms with van der Waals surface area (Å²) >= 11 is 0. The van der Waals surface area contributed by atoms with Gasteiger partial charge in [-0.3, -0.25) is 0 Å². The zero-order valence-corrected chi connectivity index (χ0v) is 6.22. The van der Waals surface area contributed by atoms with Crippen molar-refractivity contribution in [1.29, 1.82) is 0 Å². The highest BCUT2D eigenvalue weighted by Crippen LogP contribution is 2.22. The van der Waals surface area contributed by atoms with Crippen LogP contribution in [0.2, 0.25) is 0 Å². The van der Waals surface area contributed by atoms with Crippen molar-refractivity contribution in [3.8, 4) is 5.75 Å². The molecule has 0 unspecified atom stereocenters. The van der Waals surface area contributed by atoms with E-state index in [2.05, 4.69) is 0 Å². The fourth-order valence-electron chi connectivity index (χ4n) is 0.896. The van der Waals surface area contributed by atoms with Gasteiger partial charge < -0.3 is 10.2 Å². The summed E-state index contributed by atoms with van der Waals surface area (Å²) in [6.07, 6.45) is 0.0691. The third-order valence-corrected chi connectivity index (χ3v) is 1.53. The van der Waals surface area contributed by atoms with Gasteiger partial charge in [0.25, 0.3) is 0 Å². The van der Waals surface area contributed by atoms with E-state index < -0.39 is 17.4 Å². The van der Waals surface area contributed by atoms with E-state index in [0.29, 0.717) is 0 Å². The first-order valence-electron chi connectivity index (χ1n) is 3.43. The minimum absolute atomic E-state index is 0.0691. The Morgan fingerprint density at radius 1 is 1.25 bits per heavy atom. The summed E-state index contributed by atoms with van der Waals surface area (Å²) in [5.74, 6) is -2.97. The summed E-state index contributed by atoms with van der Waals surface area (Å²) in [5, 5.41) is 17.2. The third-order valence-electron chi connectivity index (χ3n) is 1.53. The van der Waals surface area contributed by atoms with E-state index in [-0.39, 0.29) is 18.6 Å². The number of benzene rings is 1. The summed E-state index contributed by atoms with van der Waals surface area (Å²) in [5.41, 5.74) is 0.108. The van der Waals surface area contributed by atoms with Gasteiger partial charge in [-0.25, -0.2) is 8.78 Å². The predicted molar refractivity (Wildman–Crippen MR) is 38.8 cm³/mol. The molecule has 0 saturated heterocycles. The average Bonchev–Trinajstić information content (AvgIpc) is 2.07. The van der Waals surface area contributed by atoms with Crippen LogP contribution in [0, 0.1) is 11.6 Å². The summed E-state index contributed by atoms with van der Waals surface area (Å²) in [6, 6.07) is 2.16. The van der Waals surface area contributed by atoms with Crippen LogP contribution in [0.3, 0.4) is 0 Å². The van der Waals surface area contributed by atoms with Crippen molar-refractivity contribution in [3.05, 3.63) is 29.3 Å². The van der Waals surface area contributed by atoms with E-state index in [1.165, 1.54) is 6.07 Å². The molecule has 0 amide bonds. The number of aliphatic hydroxyl groups excluding tert-OH is 1. The van der Waals surface area contributed by atoms with E-state index in [1.807, 2.05) is 0 Å². The quantitative estimate of drug-likeness (QED) is 0.707. The van der Waals surface area contributed by atoms with Gasteiger partial charge in [0, 0.05) is 6.61 Å². The monoisotopic (exact) mass is 174 g/mol. The molecule has 0 bridgehead atoms. The Bertz CT molecular complexity index is 287. The number of hydrogen-bond acceptors (Lipinski definition) is 2. The first kappa shape index (κ1) is 8.93. The predicted octanol–water partition coefficient (Wildman–Crippen LogP) is 1.21. The summed E-state index contributed by atoms with van der Waals surface area (Å²) in [6.45, 7) is -0.234. The molecule has 0 atom stereocenters. The van der Waals surface area contributed by atoms with Crippen LogP contribution in [0.25, 0.3) is 0 Å². The van der Waals surface area contributed by atoms with Gasteiger partial charge in [0.05, 0.1) is 0 Å². The van der Waals surface area contributed by atoms with Crippen LogP contribution in [0.5, 0.6) is 5.75 Å². The van der Waals surface area contributed by atoms with Crippen LogP contribution >= 0.6 is 0 Å². The molecule has 1 aromatic rings. The fraction of sp³-hybridized carbons (Fsp3) is 0.250. The van der Waals surface area contributed by atoms with Crippen LogP contribution in [-0.4, -0.2) is 16.8 Å². The van der Waals surface area contributed by atoms with E-state index in [9.17, 15) is 8.78 Å². The van der Waals surface area contributed by atoms with Crippen molar-refractivity contribution < 1.29 is 19.0 Å². The van der Waals surface area contributed by atoms with Crippen LogP contribution in [0.4, 0.5) is 8.78 Å². The molecule has 0 fully saturated rings. The number of phenolic OH excluding ortho intramolecular Hbond substituents is 1. The Morgan fingerprint density at radius 2 is 1.92 bits per heavy atom. The maximum atomic E-state index is 12.8. The molecule has 0 aliphatic heterocycles. The first-order valence-corrected chi connectivity index (χ1v) is 3.43. The largest absolute Gasteiger partial charge is 0.503 e. The Kier molecular flexibility index (Phi) is 2.60. The van der Waals surface area contributed by atoms with Crippen LogP contribution in [0.15, 0.2) is 12.1 Å². The normalized spacial score (nSPS) is 10.2. The number of halogens is 2. The second-order valence-corrected chi connectivity index (χ2v) is 2.34. The van der Waals surface area contributed by atoms with Crippen LogP contribution < -0.4 is 0 Å². The van der Waals surface area contributed by atoms with Gasteiger partial charge in [-0.05, 0) is 18.1 Å². The maximum absolute atomic E-state index is 12.8. The SMILES string of the molecule is OCCc1ccc(F)c(O)c1F. The van der Waals surface area contributed by atoms with Crippen molar-refractivity contribution in [2.24, 2.45) is 0 Å². The van der Waals surface area contributed by atoms with Crippen molar-refractivity contribution >= 4 is 0 Å². The molecular weight excluding hydrogens is 166 g/mol. The van der Waals surface area contributed by atoms with E-state index in [1.54, 1.807) is 0 Å². The molecule has 2 N–H and O–H groups in total. The number of aromatic hydroxyl groups is 1. The lowest BCUT2D eigenvalue weighted by molar-refractivity contribution is 0.296. The second kappa shape index (κ2) is 3.49. The smallest absolute Gasteiger partial charge is 0.188 e. The van der Waals surface area contributed by atoms with Gasteiger partial charge in [0.2, 0.25) is 0 Å². The lowest BCUT2D eigenvalue weighted by Crippen LogP contribution is -1.96. The highest BCUT2D eigenvalue weighted by Gasteiger charge is 2.11. The molecule has 1 rings (SSSR count). The minimum Gasteiger partial charge on any atom is -0.503 e. The molecule has 0 spiro atoms. The van der Waals surface area contributed by atoms with Crippen molar-refractivity contribution in [2.75, 3.05) is 6.61 Å². The Hall–Kier alpha value is -1.16. The van der Waals surface area contributed by atoms with Gasteiger partial charge in [0.1, 0.15) is 0 Å². The molecular formula is C8H8F2O2. The highest BCUT2D eigenvalue weighted by molar-refractivity contribution is 5.31. The molecule has 1 aromatic carbocycles. The minimum atomic E-state index is -0.996. The molecule has 0 radical (unpaired) electrons. The fourth-order valence-corrected chi connectivity index (χ4v) is 0.896. The summed E-state index contributed by atoms with van der Waals surface area (Å²) in [4.78, 5) is 0. The van der Waals surface area contributed by atoms with Crippen molar-refractivity contribution in [1.82, 2.24) is 0 Å². The molecule has 4 heteroatoms. The molecule has 0 aliphatic carbocycles. The van der Waals surface area contributed by atoms with Crippen LogP contribution in [0.1, 0.15) is 5.56 Å². The molecule has 66 valence electrons. The maximum Gasteiger partial charge on any atom is 0.188 e. The van der Waals surface area contributed by atoms with Gasteiger partial charge >= 0.3 is 0 Å². The zero-order valence-electron chi connectivity index (χ0n) is 6.22. The number of hydrogen-bond donors (Lipinski definition) is 2. The summed E-state index contributed by atoms with van der Waals surface area (Å²) < 4.78 is 25.3. The Morgan fingerprint density at radius 3 is 2.50 bits per heavy atom. The van der Waals surface area contributed by atoms with E-state index in [4.69, 9.17) is 10.2 Å². The summed E-state index contributed by atoms with van der Waals surface area (Å²) in [7, 11) is 0. The molecule has 0 saturated carbocycles. The standard InChI is InChI=1S/C8H8F2O2/c9-6-2-1-5(3-4-11)7(10)8(6)12/h1-2,11-12H,3-4H2.